The summed E-state index contributed by atoms with van der Waals surface area (Å²) < 4.78 is 29.4. The number of benzene rings is 1. The molecule has 0 saturated carbocycles. The Bertz CT molecular complexity index is 466. The van der Waals surface area contributed by atoms with Crippen molar-refractivity contribution < 1.29 is 13.2 Å². The van der Waals surface area contributed by atoms with E-state index in [4.69, 9.17) is 10.5 Å². The van der Waals surface area contributed by atoms with Crippen LogP contribution in [0, 0.1) is 5.92 Å². The fraction of sp³-hybridized carbons (Fsp3) is 0.571. The van der Waals surface area contributed by atoms with Gasteiger partial charge in [0.2, 0.25) is 0 Å². The molecule has 19 heavy (non-hydrogen) atoms. The van der Waals surface area contributed by atoms with Gasteiger partial charge in [-0.1, -0.05) is 26.0 Å². The second kappa shape index (κ2) is 7.62. The Labute approximate surface area is 115 Å². The lowest BCUT2D eigenvalue weighted by Gasteiger charge is -2.08. The van der Waals surface area contributed by atoms with Crippen LogP contribution >= 0.6 is 0 Å². The number of rotatable bonds is 8. The molecule has 0 spiro atoms. The van der Waals surface area contributed by atoms with Gasteiger partial charge in [-0.25, -0.2) is 8.42 Å². The number of hydrogen-bond acceptors (Lipinski definition) is 4. The third-order valence-corrected chi connectivity index (χ3v) is 4.55. The predicted molar refractivity (Wildman–Crippen MR) is 76.7 cm³/mol. The first kappa shape index (κ1) is 16.1. The van der Waals surface area contributed by atoms with Crippen LogP contribution < -0.4 is 5.73 Å². The van der Waals surface area contributed by atoms with Gasteiger partial charge in [-0.05, 0) is 30.0 Å². The molecule has 5 heteroatoms. The van der Waals surface area contributed by atoms with Crippen LogP contribution in [0.5, 0.6) is 0 Å². The minimum Gasteiger partial charge on any atom is -0.380 e. The monoisotopic (exact) mass is 285 g/mol. The van der Waals surface area contributed by atoms with E-state index in [2.05, 4.69) is 13.8 Å². The highest BCUT2D eigenvalue weighted by Gasteiger charge is 2.13. The lowest BCUT2D eigenvalue weighted by atomic mass is 10.1. The normalized spacial score (nSPS) is 12.0. The van der Waals surface area contributed by atoms with Crippen LogP contribution in [0.15, 0.2) is 29.2 Å². The van der Waals surface area contributed by atoms with E-state index in [9.17, 15) is 8.42 Å². The molecule has 1 aromatic rings. The number of nitrogens with two attached hydrogens (primary N) is 1. The molecule has 0 unspecified atom stereocenters. The van der Waals surface area contributed by atoms with Crippen molar-refractivity contribution in [2.75, 3.05) is 19.0 Å². The lowest BCUT2D eigenvalue weighted by molar-refractivity contribution is 0.137. The SMILES string of the molecule is CC(C)CCOCCS(=O)(=O)c1ccc(CN)cc1. The largest absolute Gasteiger partial charge is 0.380 e. The molecule has 0 aromatic heterocycles. The molecular formula is C14H23NO3S. The van der Waals surface area contributed by atoms with Gasteiger partial charge in [0.1, 0.15) is 0 Å². The minimum atomic E-state index is -3.25. The van der Waals surface area contributed by atoms with Crippen molar-refractivity contribution in [1.29, 1.82) is 0 Å². The van der Waals surface area contributed by atoms with E-state index in [0.717, 1.165) is 12.0 Å². The molecule has 2 N–H and O–H groups in total. The molecule has 1 aromatic carbocycles. The Morgan fingerprint density at radius 1 is 1.16 bits per heavy atom. The fourth-order valence-corrected chi connectivity index (χ4v) is 2.66. The molecule has 108 valence electrons. The molecular weight excluding hydrogens is 262 g/mol. The summed E-state index contributed by atoms with van der Waals surface area (Å²) in [4.78, 5) is 0.331. The van der Waals surface area contributed by atoms with Crippen molar-refractivity contribution in [2.24, 2.45) is 11.7 Å². The first-order valence-electron chi connectivity index (χ1n) is 6.55. The summed E-state index contributed by atoms with van der Waals surface area (Å²) in [5.74, 6) is 0.591. The van der Waals surface area contributed by atoms with Crippen molar-refractivity contribution in [3.63, 3.8) is 0 Å². The van der Waals surface area contributed by atoms with E-state index in [0.29, 0.717) is 24.0 Å². The third-order valence-electron chi connectivity index (χ3n) is 2.85. The number of sulfone groups is 1. The molecule has 0 aliphatic heterocycles. The maximum absolute atomic E-state index is 12.0. The van der Waals surface area contributed by atoms with Crippen LogP contribution in [-0.2, 0) is 21.1 Å². The second-order valence-corrected chi connectivity index (χ2v) is 7.07. The molecule has 1 rings (SSSR count). The standard InChI is InChI=1S/C14H23NO3S/c1-12(2)7-8-18-9-10-19(16,17)14-5-3-13(11-15)4-6-14/h3-6,12H,7-11,15H2,1-2H3. The van der Waals surface area contributed by atoms with Gasteiger partial charge >= 0.3 is 0 Å². The van der Waals surface area contributed by atoms with Crippen LogP contribution in [0.4, 0.5) is 0 Å². The highest BCUT2D eigenvalue weighted by atomic mass is 32.2. The molecule has 0 bridgehead atoms. The topological polar surface area (TPSA) is 69.4 Å². The molecule has 0 radical (unpaired) electrons. The summed E-state index contributed by atoms with van der Waals surface area (Å²) in [5.41, 5.74) is 6.40. The predicted octanol–water partition coefficient (Wildman–Crippen LogP) is 1.98. The van der Waals surface area contributed by atoms with Crippen molar-refractivity contribution in [2.45, 2.75) is 31.7 Å². The summed E-state index contributed by atoms with van der Waals surface area (Å²) in [6, 6.07) is 6.69. The van der Waals surface area contributed by atoms with Crippen molar-refractivity contribution >= 4 is 9.84 Å². The molecule has 0 heterocycles. The molecule has 0 aliphatic rings. The zero-order chi connectivity index (χ0) is 14.3. The molecule has 0 atom stereocenters. The van der Waals surface area contributed by atoms with Gasteiger partial charge in [-0.3, -0.25) is 0 Å². The van der Waals surface area contributed by atoms with Crippen molar-refractivity contribution in [1.82, 2.24) is 0 Å². The Morgan fingerprint density at radius 2 is 1.79 bits per heavy atom. The number of hydrogen-bond donors (Lipinski definition) is 1. The third kappa shape index (κ3) is 5.72. The zero-order valence-electron chi connectivity index (χ0n) is 11.6. The van der Waals surface area contributed by atoms with E-state index in [-0.39, 0.29) is 12.4 Å². The van der Waals surface area contributed by atoms with E-state index in [1.165, 1.54) is 0 Å². The first-order valence-corrected chi connectivity index (χ1v) is 8.20. The van der Waals surface area contributed by atoms with Gasteiger partial charge < -0.3 is 10.5 Å². The van der Waals surface area contributed by atoms with Gasteiger partial charge in [0.15, 0.2) is 9.84 Å². The Hall–Kier alpha value is -0.910. The second-order valence-electron chi connectivity index (χ2n) is 4.96. The average Bonchev–Trinajstić information content (AvgIpc) is 2.38. The summed E-state index contributed by atoms with van der Waals surface area (Å²) in [6.07, 6.45) is 0.950. The maximum atomic E-state index is 12.0. The van der Waals surface area contributed by atoms with E-state index in [1.54, 1.807) is 24.3 Å². The van der Waals surface area contributed by atoms with Gasteiger partial charge in [0.05, 0.1) is 17.3 Å². The minimum absolute atomic E-state index is 0.0209. The summed E-state index contributed by atoms with van der Waals surface area (Å²) in [6.45, 7) is 5.49. The molecule has 0 aliphatic carbocycles. The van der Waals surface area contributed by atoms with Gasteiger partial charge in [0, 0.05) is 13.2 Å². The van der Waals surface area contributed by atoms with Crippen LogP contribution in [-0.4, -0.2) is 27.4 Å². The number of ether oxygens (including phenoxy) is 1. The fourth-order valence-electron chi connectivity index (χ4n) is 1.54. The van der Waals surface area contributed by atoms with Crippen LogP contribution in [0.1, 0.15) is 25.8 Å². The molecule has 0 saturated heterocycles. The zero-order valence-corrected chi connectivity index (χ0v) is 12.4. The maximum Gasteiger partial charge on any atom is 0.180 e. The lowest BCUT2D eigenvalue weighted by Crippen LogP contribution is -2.13. The average molecular weight is 285 g/mol. The van der Waals surface area contributed by atoms with E-state index in [1.807, 2.05) is 0 Å². The quantitative estimate of drug-likeness (QED) is 0.742. The molecule has 0 amide bonds. The van der Waals surface area contributed by atoms with Crippen molar-refractivity contribution in [3.05, 3.63) is 29.8 Å². The molecule has 0 fully saturated rings. The van der Waals surface area contributed by atoms with Crippen LogP contribution in [0.25, 0.3) is 0 Å². The highest BCUT2D eigenvalue weighted by Crippen LogP contribution is 2.12. The Kier molecular flexibility index (Phi) is 6.48. The van der Waals surface area contributed by atoms with E-state index < -0.39 is 9.84 Å². The van der Waals surface area contributed by atoms with Gasteiger partial charge in [-0.15, -0.1) is 0 Å². The Balaban J connectivity index is 2.46. The summed E-state index contributed by atoms with van der Waals surface area (Å²) in [7, 11) is -3.25. The first-order chi connectivity index (χ1) is 8.95. The summed E-state index contributed by atoms with van der Waals surface area (Å²) >= 11 is 0. The highest BCUT2D eigenvalue weighted by molar-refractivity contribution is 7.91. The van der Waals surface area contributed by atoms with Crippen LogP contribution in [0.2, 0.25) is 0 Å². The van der Waals surface area contributed by atoms with Crippen LogP contribution in [0.3, 0.4) is 0 Å². The van der Waals surface area contributed by atoms with E-state index >= 15 is 0 Å². The molecule has 4 nitrogen and oxygen atoms in total. The Morgan fingerprint density at radius 3 is 2.32 bits per heavy atom. The van der Waals surface area contributed by atoms with Crippen molar-refractivity contribution in [3.8, 4) is 0 Å². The van der Waals surface area contributed by atoms with Gasteiger partial charge in [0.25, 0.3) is 0 Å². The summed E-state index contributed by atoms with van der Waals surface area (Å²) in [5, 5.41) is 0. The van der Waals surface area contributed by atoms with Gasteiger partial charge in [-0.2, -0.15) is 0 Å². The smallest absolute Gasteiger partial charge is 0.180 e.